The molecule has 0 saturated heterocycles. The maximum Gasteiger partial charge on any atom is 0.242 e. The number of aliphatic hydroxyl groups excluding tert-OH is 1. The minimum Gasteiger partial charge on any atom is -0.508 e. The number of rotatable bonds is 14. The summed E-state index contributed by atoms with van der Waals surface area (Å²) in [7, 11) is 3.01. The lowest BCUT2D eigenvalue weighted by atomic mass is 10.0. The predicted molar refractivity (Wildman–Crippen MR) is 137 cm³/mol. The number of nitrogens with one attached hydrogen (secondary N) is 3. The van der Waals surface area contributed by atoms with E-state index in [2.05, 4.69) is 16.0 Å². The Balaban J connectivity index is 2.05. The highest BCUT2D eigenvalue weighted by atomic mass is 16.5. The summed E-state index contributed by atoms with van der Waals surface area (Å²) in [5.74, 6) is -0.407. The minimum absolute atomic E-state index is 0.0829. The summed E-state index contributed by atoms with van der Waals surface area (Å²) in [6, 6.07) is 8.67. The number of hydrogen-bond acceptors (Lipinski definition) is 8. The Morgan fingerprint density at radius 1 is 0.892 bits per heavy atom. The van der Waals surface area contributed by atoms with Crippen LogP contribution in [0.5, 0.6) is 17.2 Å². The molecule has 11 nitrogen and oxygen atoms in total. The third-order valence-electron chi connectivity index (χ3n) is 5.64. The van der Waals surface area contributed by atoms with E-state index < -0.39 is 35.8 Å². The number of amides is 3. The number of nitrogens with two attached hydrogens (primary N) is 1. The Kier molecular flexibility index (Phi) is 11.7. The summed E-state index contributed by atoms with van der Waals surface area (Å²) in [5.41, 5.74) is 7.47. The molecule has 0 heterocycles. The van der Waals surface area contributed by atoms with Gasteiger partial charge in [-0.2, -0.15) is 0 Å². The molecule has 7 N–H and O–H groups in total. The lowest BCUT2D eigenvalue weighted by Crippen LogP contribution is -2.55. The van der Waals surface area contributed by atoms with Gasteiger partial charge in [0.2, 0.25) is 17.7 Å². The van der Waals surface area contributed by atoms with Crippen LogP contribution in [0.4, 0.5) is 0 Å². The number of methoxy groups -OCH3 is 2. The molecule has 0 saturated carbocycles. The van der Waals surface area contributed by atoms with Crippen LogP contribution in [0.1, 0.15) is 24.5 Å². The molecule has 0 aliphatic carbocycles. The highest BCUT2D eigenvalue weighted by Crippen LogP contribution is 2.28. The van der Waals surface area contributed by atoms with Gasteiger partial charge in [0.15, 0.2) is 11.5 Å². The van der Waals surface area contributed by atoms with Crippen LogP contribution in [-0.4, -0.2) is 73.4 Å². The minimum atomic E-state index is -0.962. The van der Waals surface area contributed by atoms with Crippen LogP contribution in [-0.2, 0) is 27.2 Å². The van der Waals surface area contributed by atoms with Crippen molar-refractivity contribution in [2.75, 3.05) is 27.4 Å². The van der Waals surface area contributed by atoms with E-state index in [1.165, 1.54) is 33.3 Å². The highest BCUT2D eigenvalue weighted by molar-refractivity contribution is 5.93. The topological polar surface area (TPSA) is 172 Å². The van der Waals surface area contributed by atoms with Crippen molar-refractivity contribution >= 4 is 17.7 Å². The zero-order chi connectivity index (χ0) is 27.4. The second kappa shape index (κ2) is 14.7. The van der Waals surface area contributed by atoms with E-state index >= 15 is 0 Å². The van der Waals surface area contributed by atoms with Gasteiger partial charge in [0.25, 0.3) is 0 Å². The van der Waals surface area contributed by atoms with Gasteiger partial charge in [-0.1, -0.05) is 18.2 Å². The summed E-state index contributed by atoms with van der Waals surface area (Å²) < 4.78 is 10.6. The molecule has 0 aliphatic rings. The van der Waals surface area contributed by atoms with Gasteiger partial charge >= 0.3 is 0 Å². The zero-order valence-electron chi connectivity index (χ0n) is 21.3. The molecular formula is C26H36N4O7. The largest absolute Gasteiger partial charge is 0.508 e. The van der Waals surface area contributed by atoms with Crippen LogP contribution in [0.2, 0.25) is 0 Å². The molecule has 2 unspecified atom stereocenters. The van der Waals surface area contributed by atoms with Crippen molar-refractivity contribution < 1.29 is 34.1 Å². The van der Waals surface area contributed by atoms with Crippen LogP contribution in [0.15, 0.2) is 42.5 Å². The number of carbonyl (C=O) groups is 3. The lowest BCUT2D eigenvalue weighted by Gasteiger charge is -2.22. The Morgan fingerprint density at radius 3 is 2.16 bits per heavy atom. The molecule has 11 heteroatoms. The molecule has 0 aliphatic heterocycles. The Morgan fingerprint density at radius 2 is 1.54 bits per heavy atom. The summed E-state index contributed by atoms with van der Waals surface area (Å²) in [4.78, 5) is 38.3. The molecular weight excluding hydrogens is 480 g/mol. The number of ether oxygens (including phenoxy) is 2. The van der Waals surface area contributed by atoms with Crippen LogP contribution in [0.25, 0.3) is 0 Å². The van der Waals surface area contributed by atoms with Gasteiger partial charge in [0.1, 0.15) is 17.8 Å². The number of aromatic hydroxyl groups is 1. The fourth-order valence-corrected chi connectivity index (χ4v) is 3.53. The first-order valence-electron chi connectivity index (χ1n) is 11.9. The van der Waals surface area contributed by atoms with Gasteiger partial charge in [0.05, 0.1) is 20.3 Å². The predicted octanol–water partition coefficient (Wildman–Crippen LogP) is 0.0100. The monoisotopic (exact) mass is 516 g/mol. The van der Waals surface area contributed by atoms with Gasteiger partial charge in [0, 0.05) is 19.6 Å². The number of phenols is 1. The highest BCUT2D eigenvalue weighted by Gasteiger charge is 2.26. The molecule has 2 aromatic carbocycles. The van der Waals surface area contributed by atoms with Crippen LogP contribution >= 0.6 is 0 Å². The molecule has 37 heavy (non-hydrogen) atoms. The van der Waals surface area contributed by atoms with Gasteiger partial charge in [-0.15, -0.1) is 0 Å². The summed E-state index contributed by atoms with van der Waals surface area (Å²) in [6.45, 7) is 1.66. The standard InChI is InChI=1S/C26H36N4O7/c1-16(29-25(34)20(27)13-17-5-8-19(32)9-6-17)24(33)30-21(26(35)28-11-4-12-31)14-18-7-10-22(36-2)23(15-18)37-3/h5-10,15-16,20-21,31-32H,4,11-14,27H2,1-3H3,(H,28,35)(H,29,34)(H,30,33)/t16-,20?,21?/m1/s1. The van der Waals surface area contributed by atoms with E-state index in [1.807, 2.05) is 0 Å². The fourth-order valence-electron chi connectivity index (χ4n) is 3.53. The first kappa shape index (κ1) is 29.4. The molecule has 3 amide bonds. The molecule has 0 spiro atoms. The van der Waals surface area contributed by atoms with Gasteiger partial charge in [-0.05, 0) is 55.2 Å². The molecule has 0 fully saturated rings. The molecule has 2 rings (SSSR count). The van der Waals surface area contributed by atoms with Crippen molar-refractivity contribution in [3.63, 3.8) is 0 Å². The molecule has 0 aromatic heterocycles. The first-order valence-corrected chi connectivity index (χ1v) is 11.9. The average molecular weight is 517 g/mol. The van der Waals surface area contributed by atoms with E-state index in [9.17, 15) is 19.5 Å². The Bertz CT molecular complexity index is 1050. The van der Waals surface area contributed by atoms with E-state index in [1.54, 1.807) is 30.3 Å². The number of hydrogen-bond donors (Lipinski definition) is 6. The second-order valence-corrected chi connectivity index (χ2v) is 8.53. The number of phenolic OH excluding ortho intramolecular Hbond substituents is 1. The van der Waals surface area contributed by atoms with Crippen molar-refractivity contribution in [2.45, 2.75) is 44.3 Å². The summed E-state index contributed by atoms with van der Waals surface area (Å²) >= 11 is 0. The van der Waals surface area contributed by atoms with Crippen molar-refractivity contribution in [3.05, 3.63) is 53.6 Å². The first-order chi connectivity index (χ1) is 17.7. The molecule has 0 radical (unpaired) electrons. The van der Waals surface area contributed by atoms with Crippen molar-refractivity contribution in [1.29, 1.82) is 0 Å². The maximum atomic E-state index is 12.9. The fraction of sp³-hybridized carbons (Fsp3) is 0.423. The molecule has 2 aromatic rings. The van der Waals surface area contributed by atoms with Crippen molar-refractivity contribution in [2.24, 2.45) is 5.73 Å². The van der Waals surface area contributed by atoms with E-state index in [-0.39, 0.29) is 31.7 Å². The zero-order valence-corrected chi connectivity index (χ0v) is 21.3. The van der Waals surface area contributed by atoms with Gasteiger partial charge in [-0.25, -0.2) is 0 Å². The summed E-state index contributed by atoms with van der Waals surface area (Å²) in [6.07, 6.45) is 0.738. The third kappa shape index (κ3) is 9.28. The second-order valence-electron chi connectivity index (χ2n) is 8.53. The molecule has 202 valence electrons. The van der Waals surface area contributed by atoms with E-state index in [4.69, 9.17) is 20.3 Å². The number of aliphatic hydroxyl groups is 1. The van der Waals surface area contributed by atoms with Gasteiger partial charge in [-0.3, -0.25) is 14.4 Å². The third-order valence-corrected chi connectivity index (χ3v) is 5.64. The average Bonchev–Trinajstić information content (AvgIpc) is 2.89. The van der Waals surface area contributed by atoms with Gasteiger partial charge < -0.3 is 41.4 Å². The lowest BCUT2D eigenvalue weighted by molar-refractivity contribution is -0.132. The smallest absolute Gasteiger partial charge is 0.242 e. The molecule has 0 bridgehead atoms. The molecule has 3 atom stereocenters. The maximum absolute atomic E-state index is 12.9. The van der Waals surface area contributed by atoms with Crippen LogP contribution < -0.4 is 31.2 Å². The van der Waals surface area contributed by atoms with E-state index in [0.717, 1.165) is 5.56 Å². The van der Waals surface area contributed by atoms with Crippen molar-refractivity contribution in [3.8, 4) is 17.2 Å². The number of carbonyl (C=O) groups excluding carboxylic acids is 3. The normalized spacial score (nSPS) is 13.1. The summed E-state index contributed by atoms with van der Waals surface area (Å²) in [5, 5.41) is 26.4. The Labute approximate surface area is 216 Å². The van der Waals surface area contributed by atoms with Crippen LogP contribution in [0, 0.1) is 0 Å². The number of benzene rings is 2. The Hall–Kier alpha value is -3.83. The van der Waals surface area contributed by atoms with E-state index in [0.29, 0.717) is 23.5 Å². The van der Waals surface area contributed by atoms with Crippen LogP contribution in [0.3, 0.4) is 0 Å². The quantitative estimate of drug-likeness (QED) is 0.191. The van der Waals surface area contributed by atoms with Crippen molar-refractivity contribution in [1.82, 2.24) is 16.0 Å². The SMILES string of the molecule is COc1ccc(CC(NC(=O)[C@@H](C)NC(=O)C(N)Cc2ccc(O)cc2)C(=O)NCCCO)cc1OC.